The lowest BCUT2D eigenvalue weighted by molar-refractivity contribution is -0.137. The molecule has 1 N–H and O–H groups in total. The van der Waals surface area contributed by atoms with Gasteiger partial charge in [-0.15, -0.1) is 5.10 Å². The summed E-state index contributed by atoms with van der Waals surface area (Å²) >= 11 is 1.11. The van der Waals surface area contributed by atoms with E-state index in [-0.39, 0.29) is 5.69 Å². The molecule has 0 bridgehead atoms. The van der Waals surface area contributed by atoms with Crippen LogP contribution < -0.4 is 5.32 Å². The van der Waals surface area contributed by atoms with Gasteiger partial charge in [-0.1, -0.05) is 30.0 Å². The molecule has 0 saturated carbocycles. The molecule has 0 fully saturated rings. The van der Waals surface area contributed by atoms with E-state index >= 15 is 0 Å². The second kappa shape index (κ2) is 7.36. The van der Waals surface area contributed by atoms with E-state index in [0.717, 1.165) is 34.8 Å². The number of anilines is 1. The highest BCUT2D eigenvalue weighted by atomic mass is 32.2. The minimum absolute atomic E-state index is 0.0791. The lowest BCUT2D eigenvalue weighted by atomic mass is 10.2. The second-order valence-electron chi connectivity index (χ2n) is 6.25. The van der Waals surface area contributed by atoms with Crippen LogP contribution in [0.1, 0.15) is 12.5 Å². The van der Waals surface area contributed by atoms with E-state index in [2.05, 4.69) is 20.4 Å². The number of hydrogen-bond acceptors (Lipinski definition) is 5. The molecule has 1 unspecified atom stereocenters. The van der Waals surface area contributed by atoms with Gasteiger partial charge in [0.25, 0.3) is 0 Å². The zero-order chi connectivity index (χ0) is 20.6. The van der Waals surface area contributed by atoms with Crippen LogP contribution in [0.5, 0.6) is 0 Å². The Kier molecular flexibility index (Phi) is 4.87. The van der Waals surface area contributed by atoms with Gasteiger partial charge in [0.2, 0.25) is 11.1 Å². The summed E-state index contributed by atoms with van der Waals surface area (Å²) < 4.78 is 40.0. The standard InChI is InChI=1S/C19H14F3N5OS/c1-11(17(28)24-13-6-4-5-12(9-13)19(20,21)22)29-18-25-16-14-7-2-3-8-15(14)23-10-27(16)26-18/h2-11H,1H3,(H,24,28). The first kappa shape index (κ1) is 19.2. The number of nitrogens with one attached hydrogen (secondary N) is 1. The van der Waals surface area contributed by atoms with Gasteiger partial charge in [0.05, 0.1) is 16.3 Å². The van der Waals surface area contributed by atoms with E-state index in [1.165, 1.54) is 16.6 Å². The number of benzene rings is 2. The highest BCUT2D eigenvalue weighted by molar-refractivity contribution is 8.00. The molecule has 0 aliphatic heterocycles. The number of alkyl halides is 3. The van der Waals surface area contributed by atoms with Crippen LogP contribution in [0.4, 0.5) is 18.9 Å². The van der Waals surface area contributed by atoms with E-state index in [4.69, 9.17) is 0 Å². The molecule has 4 rings (SSSR count). The third-order valence-corrected chi connectivity index (χ3v) is 5.12. The average molecular weight is 417 g/mol. The van der Waals surface area contributed by atoms with Crippen molar-refractivity contribution in [3.63, 3.8) is 0 Å². The summed E-state index contributed by atoms with van der Waals surface area (Å²) in [6, 6.07) is 12.0. The van der Waals surface area contributed by atoms with Crippen molar-refractivity contribution in [1.82, 2.24) is 19.6 Å². The lowest BCUT2D eigenvalue weighted by Gasteiger charge is -2.12. The molecular weight excluding hydrogens is 403 g/mol. The smallest absolute Gasteiger partial charge is 0.325 e. The van der Waals surface area contributed by atoms with E-state index in [1.54, 1.807) is 13.3 Å². The van der Waals surface area contributed by atoms with Crippen molar-refractivity contribution in [2.75, 3.05) is 5.32 Å². The van der Waals surface area contributed by atoms with Gasteiger partial charge in [-0.25, -0.2) is 14.5 Å². The molecule has 0 spiro atoms. The van der Waals surface area contributed by atoms with Crippen LogP contribution in [0.15, 0.2) is 60.0 Å². The van der Waals surface area contributed by atoms with Crippen molar-refractivity contribution in [1.29, 1.82) is 0 Å². The average Bonchev–Trinajstić information content (AvgIpc) is 3.10. The zero-order valence-corrected chi connectivity index (χ0v) is 15.8. The number of carbonyl (C=O) groups is 1. The van der Waals surface area contributed by atoms with Crippen molar-refractivity contribution < 1.29 is 18.0 Å². The van der Waals surface area contributed by atoms with Gasteiger partial charge in [-0.05, 0) is 37.3 Å². The molecule has 6 nitrogen and oxygen atoms in total. The molecule has 0 saturated heterocycles. The number of fused-ring (bicyclic) bond motifs is 3. The monoisotopic (exact) mass is 417 g/mol. The number of aromatic nitrogens is 4. The number of hydrogen-bond donors (Lipinski definition) is 1. The first-order valence-corrected chi connectivity index (χ1v) is 9.44. The molecule has 148 valence electrons. The molecular formula is C19H14F3N5OS. The molecule has 2 aromatic heterocycles. The number of para-hydroxylation sites is 1. The Bertz CT molecular complexity index is 1210. The molecule has 1 amide bonds. The first-order chi connectivity index (χ1) is 13.8. The summed E-state index contributed by atoms with van der Waals surface area (Å²) in [7, 11) is 0. The van der Waals surface area contributed by atoms with Gasteiger partial charge in [-0.2, -0.15) is 13.2 Å². The van der Waals surface area contributed by atoms with Crippen molar-refractivity contribution in [2.24, 2.45) is 0 Å². The molecule has 1 atom stereocenters. The Morgan fingerprint density at radius 1 is 1.17 bits per heavy atom. The summed E-state index contributed by atoms with van der Waals surface area (Å²) in [6.07, 6.45) is -2.93. The summed E-state index contributed by atoms with van der Waals surface area (Å²) in [5.41, 5.74) is 0.648. The van der Waals surface area contributed by atoms with Crippen molar-refractivity contribution in [3.8, 4) is 0 Å². The Morgan fingerprint density at radius 2 is 1.97 bits per heavy atom. The number of rotatable bonds is 4. The number of nitrogens with zero attached hydrogens (tertiary/aromatic N) is 4. The quantitative estimate of drug-likeness (QED) is 0.498. The molecule has 29 heavy (non-hydrogen) atoms. The summed E-state index contributed by atoms with van der Waals surface area (Å²) in [5, 5.41) is 7.39. The van der Waals surface area contributed by atoms with Crippen LogP contribution in [0.25, 0.3) is 16.6 Å². The number of halogens is 3. The van der Waals surface area contributed by atoms with Crippen LogP contribution >= 0.6 is 11.8 Å². The fourth-order valence-corrected chi connectivity index (χ4v) is 3.50. The molecule has 2 aromatic carbocycles. The molecule has 0 aliphatic carbocycles. The minimum atomic E-state index is -4.47. The minimum Gasteiger partial charge on any atom is -0.325 e. The number of carbonyl (C=O) groups excluding carboxylic acids is 1. The Morgan fingerprint density at radius 3 is 2.76 bits per heavy atom. The van der Waals surface area contributed by atoms with Gasteiger partial charge in [-0.3, -0.25) is 4.79 Å². The van der Waals surface area contributed by atoms with Crippen LogP contribution in [-0.4, -0.2) is 30.7 Å². The van der Waals surface area contributed by atoms with Crippen LogP contribution in [0.2, 0.25) is 0 Å². The van der Waals surface area contributed by atoms with Gasteiger partial charge in [0, 0.05) is 11.1 Å². The van der Waals surface area contributed by atoms with Gasteiger partial charge < -0.3 is 5.32 Å². The summed E-state index contributed by atoms with van der Waals surface area (Å²) in [6.45, 7) is 1.63. The maximum absolute atomic E-state index is 12.8. The van der Waals surface area contributed by atoms with Crippen LogP contribution in [-0.2, 0) is 11.0 Å². The highest BCUT2D eigenvalue weighted by Crippen LogP contribution is 2.31. The Balaban J connectivity index is 1.51. The lowest BCUT2D eigenvalue weighted by Crippen LogP contribution is -2.22. The highest BCUT2D eigenvalue weighted by Gasteiger charge is 2.30. The van der Waals surface area contributed by atoms with E-state index in [1.807, 2.05) is 24.3 Å². The number of thioether (sulfide) groups is 1. The van der Waals surface area contributed by atoms with Gasteiger partial charge in [0.1, 0.15) is 6.33 Å². The molecule has 0 aliphatic rings. The predicted molar refractivity (Wildman–Crippen MR) is 104 cm³/mol. The van der Waals surface area contributed by atoms with Gasteiger partial charge in [0.15, 0.2) is 5.65 Å². The molecule has 0 radical (unpaired) electrons. The van der Waals surface area contributed by atoms with E-state index < -0.39 is 22.9 Å². The van der Waals surface area contributed by atoms with E-state index in [9.17, 15) is 18.0 Å². The molecule has 4 aromatic rings. The van der Waals surface area contributed by atoms with Crippen molar-refractivity contribution in [2.45, 2.75) is 23.5 Å². The maximum Gasteiger partial charge on any atom is 0.416 e. The van der Waals surface area contributed by atoms with Crippen molar-refractivity contribution in [3.05, 3.63) is 60.4 Å². The largest absolute Gasteiger partial charge is 0.416 e. The third-order valence-electron chi connectivity index (χ3n) is 4.17. The van der Waals surface area contributed by atoms with Gasteiger partial charge >= 0.3 is 6.18 Å². The summed E-state index contributed by atoms with van der Waals surface area (Å²) in [5.74, 6) is -0.448. The zero-order valence-electron chi connectivity index (χ0n) is 15.0. The first-order valence-electron chi connectivity index (χ1n) is 8.56. The normalized spacial score (nSPS) is 13.0. The topological polar surface area (TPSA) is 72.2 Å². The van der Waals surface area contributed by atoms with Crippen LogP contribution in [0.3, 0.4) is 0 Å². The Labute approximate surface area is 167 Å². The molecule has 10 heteroatoms. The fourth-order valence-electron chi connectivity index (χ4n) is 2.74. The maximum atomic E-state index is 12.8. The van der Waals surface area contributed by atoms with Crippen LogP contribution in [0, 0.1) is 0 Å². The Hall–Kier alpha value is -3.14. The summed E-state index contributed by atoms with van der Waals surface area (Å²) in [4.78, 5) is 21.2. The van der Waals surface area contributed by atoms with Crippen molar-refractivity contribution >= 4 is 39.9 Å². The SMILES string of the molecule is CC(Sc1nc2c3ccccc3ncn2n1)C(=O)Nc1cccc(C(F)(F)F)c1. The number of amides is 1. The predicted octanol–water partition coefficient (Wildman–Crippen LogP) is 4.42. The second-order valence-corrected chi connectivity index (χ2v) is 7.56. The fraction of sp³-hybridized carbons (Fsp3) is 0.158. The van der Waals surface area contributed by atoms with E-state index in [0.29, 0.717) is 10.8 Å². The molecule has 2 heterocycles. The third kappa shape index (κ3) is 4.02.